The van der Waals surface area contributed by atoms with Crippen LogP contribution in [0.4, 0.5) is 0 Å². The molecule has 148 valence electrons. The van der Waals surface area contributed by atoms with Crippen molar-refractivity contribution in [2.75, 3.05) is 13.2 Å². The van der Waals surface area contributed by atoms with Gasteiger partial charge in [0.25, 0.3) is 5.91 Å². The summed E-state index contributed by atoms with van der Waals surface area (Å²) in [5.41, 5.74) is 4.94. The number of amides is 1. The Balaban J connectivity index is 1.91. The van der Waals surface area contributed by atoms with E-state index in [2.05, 4.69) is 43.2 Å². The van der Waals surface area contributed by atoms with Crippen molar-refractivity contribution < 1.29 is 9.53 Å². The van der Waals surface area contributed by atoms with Gasteiger partial charge in [-0.25, -0.2) is 4.68 Å². The minimum Gasteiger partial charge on any atom is -0.468 e. The van der Waals surface area contributed by atoms with Gasteiger partial charge in [-0.15, -0.1) is 0 Å². The maximum Gasteiger partial charge on any atom is 0.258 e. The zero-order chi connectivity index (χ0) is 20.1. The number of carbonyl (C=O) groups excluding carboxylic acids is 1. The zero-order valence-corrected chi connectivity index (χ0v) is 17.1. The number of rotatable bonds is 8. The van der Waals surface area contributed by atoms with Crippen LogP contribution in [0, 0.1) is 13.8 Å². The molecule has 0 spiro atoms. The minimum atomic E-state index is -0.128. The normalized spacial score (nSPS) is 11.0. The van der Waals surface area contributed by atoms with Crippen LogP contribution in [0.2, 0.25) is 0 Å². The van der Waals surface area contributed by atoms with Gasteiger partial charge in [-0.3, -0.25) is 4.79 Å². The largest absolute Gasteiger partial charge is 0.468 e. The summed E-state index contributed by atoms with van der Waals surface area (Å²) in [5.74, 6) is 0.319. The Morgan fingerprint density at radius 3 is 2.61 bits per heavy atom. The van der Waals surface area contributed by atoms with E-state index in [1.807, 2.05) is 29.8 Å². The predicted molar refractivity (Wildman–Crippen MR) is 111 cm³/mol. The molecular formula is C22H28N4O2. The molecule has 0 unspecified atom stereocenters. The van der Waals surface area contributed by atoms with Crippen LogP contribution in [0.1, 0.15) is 43.5 Å². The van der Waals surface area contributed by atoms with Gasteiger partial charge < -0.3 is 10.1 Å². The van der Waals surface area contributed by atoms with Gasteiger partial charge in [-0.2, -0.15) is 10.1 Å². The molecule has 0 aliphatic carbocycles. The van der Waals surface area contributed by atoms with E-state index < -0.39 is 0 Å². The molecule has 0 aliphatic heterocycles. The van der Waals surface area contributed by atoms with Crippen LogP contribution in [-0.4, -0.2) is 33.8 Å². The third kappa shape index (κ3) is 4.32. The molecule has 0 saturated carbocycles. The third-order valence-electron chi connectivity index (χ3n) is 4.73. The van der Waals surface area contributed by atoms with E-state index >= 15 is 0 Å². The molecule has 0 bridgehead atoms. The number of nitrogens with one attached hydrogen (secondary N) is 1. The molecule has 6 heteroatoms. The number of unbranched alkanes of at least 4 members (excludes halogenated alkanes) is 1. The Hall–Kier alpha value is -2.89. The first-order valence-corrected chi connectivity index (χ1v) is 9.89. The van der Waals surface area contributed by atoms with Gasteiger partial charge in [0.2, 0.25) is 5.88 Å². The lowest BCUT2D eigenvalue weighted by molar-refractivity contribution is -0.123. The van der Waals surface area contributed by atoms with E-state index in [1.54, 1.807) is 0 Å². The molecule has 1 aromatic carbocycles. The highest BCUT2D eigenvalue weighted by atomic mass is 16.5. The highest BCUT2D eigenvalue weighted by molar-refractivity contribution is 5.84. The second-order valence-electron chi connectivity index (χ2n) is 7.00. The molecule has 0 atom stereocenters. The molecule has 3 aromatic rings. The highest BCUT2D eigenvalue weighted by Crippen LogP contribution is 2.27. The second-order valence-corrected chi connectivity index (χ2v) is 7.00. The van der Waals surface area contributed by atoms with Crippen LogP contribution in [-0.2, 0) is 11.2 Å². The van der Waals surface area contributed by atoms with E-state index in [4.69, 9.17) is 9.84 Å². The number of aryl methyl sites for hydroxylation is 3. The molecule has 2 aromatic heterocycles. The SMILES string of the molecule is CCCCNC(=O)COc1cc(CC)c2c(C)nn(-c3ccc(C)cc3)c2n1. The molecule has 28 heavy (non-hydrogen) atoms. The average molecular weight is 380 g/mol. The summed E-state index contributed by atoms with van der Waals surface area (Å²) in [6.07, 6.45) is 2.84. The number of pyridine rings is 1. The van der Waals surface area contributed by atoms with Crippen LogP contribution >= 0.6 is 0 Å². The van der Waals surface area contributed by atoms with Gasteiger partial charge in [0.05, 0.1) is 11.4 Å². The maximum absolute atomic E-state index is 12.0. The number of aromatic nitrogens is 3. The fourth-order valence-corrected chi connectivity index (χ4v) is 3.17. The first kappa shape index (κ1) is 19.9. The van der Waals surface area contributed by atoms with Crippen LogP contribution in [0.5, 0.6) is 5.88 Å². The number of benzene rings is 1. The smallest absolute Gasteiger partial charge is 0.258 e. The van der Waals surface area contributed by atoms with Crippen molar-refractivity contribution in [3.05, 3.63) is 47.2 Å². The van der Waals surface area contributed by atoms with Crippen LogP contribution < -0.4 is 10.1 Å². The van der Waals surface area contributed by atoms with Crippen molar-refractivity contribution in [1.29, 1.82) is 0 Å². The van der Waals surface area contributed by atoms with Gasteiger partial charge in [-0.1, -0.05) is 38.0 Å². The number of fused-ring (bicyclic) bond motifs is 1. The molecule has 0 saturated heterocycles. The summed E-state index contributed by atoms with van der Waals surface area (Å²) in [6.45, 7) is 8.87. The van der Waals surface area contributed by atoms with Gasteiger partial charge >= 0.3 is 0 Å². The quantitative estimate of drug-likeness (QED) is 0.602. The Labute approximate surface area is 165 Å². The van der Waals surface area contributed by atoms with Gasteiger partial charge in [0, 0.05) is 18.0 Å². The van der Waals surface area contributed by atoms with Crippen molar-refractivity contribution in [3.63, 3.8) is 0 Å². The van der Waals surface area contributed by atoms with Crippen molar-refractivity contribution in [2.24, 2.45) is 0 Å². The van der Waals surface area contributed by atoms with Crippen molar-refractivity contribution >= 4 is 16.9 Å². The molecule has 0 fully saturated rings. The van der Waals surface area contributed by atoms with Gasteiger partial charge in [0.1, 0.15) is 0 Å². The van der Waals surface area contributed by atoms with Gasteiger partial charge in [-0.05, 0) is 44.4 Å². The van der Waals surface area contributed by atoms with E-state index in [0.29, 0.717) is 12.4 Å². The van der Waals surface area contributed by atoms with Crippen LogP contribution in [0.3, 0.4) is 0 Å². The Bertz CT molecular complexity index is 961. The Kier molecular flexibility index (Phi) is 6.29. The lowest BCUT2D eigenvalue weighted by Gasteiger charge is -2.10. The first-order valence-electron chi connectivity index (χ1n) is 9.89. The van der Waals surface area contributed by atoms with Crippen molar-refractivity contribution in [3.8, 4) is 11.6 Å². The van der Waals surface area contributed by atoms with Crippen LogP contribution in [0.15, 0.2) is 30.3 Å². The molecule has 0 radical (unpaired) electrons. The number of ether oxygens (including phenoxy) is 1. The average Bonchev–Trinajstić information content (AvgIpc) is 3.03. The monoisotopic (exact) mass is 380 g/mol. The van der Waals surface area contributed by atoms with Gasteiger partial charge in [0.15, 0.2) is 12.3 Å². The van der Waals surface area contributed by atoms with Crippen LogP contribution in [0.25, 0.3) is 16.7 Å². The number of nitrogens with zero attached hydrogens (tertiary/aromatic N) is 3. The van der Waals surface area contributed by atoms with E-state index in [0.717, 1.165) is 47.2 Å². The number of hydrogen-bond donors (Lipinski definition) is 1. The summed E-state index contributed by atoms with van der Waals surface area (Å²) in [4.78, 5) is 16.6. The van der Waals surface area contributed by atoms with Crippen molar-refractivity contribution in [1.82, 2.24) is 20.1 Å². The fraction of sp³-hybridized carbons (Fsp3) is 0.409. The number of carbonyl (C=O) groups is 1. The zero-order valence-electron chi connectivity index (χ0n) is 17.1. The molecule has 1 N–H and O–H groups in total. The third-order valence-corrected chi connectivity index (χ3v) is 4.73. The lowest BCUT2D eigenvalue weighted by Crippen LogP contribution is -2.29. The molecule has 1 amide bonds. The van der Waals surface area contributed by atoms with Crippen molar-refractivity contribution in [2.45, 2.75) is 47.0 Å². The lowest BCUT2D eigenvalue weighted by atomic mass is 10.1. The topological polar surface area (TPSA) is 69.0 Å². The predicted octanol–water partition coefficient (Wildman–Crippen LogP) is 3.89. The summed E-state index contributed by atoms with van der Waals surface area (Å²) in [5, 5.41) is 8.61. The van der Waals surface area contributed by atoms with E-state index in [-0.39, 0.29) is 12.5 Å². The Morgan fingerprint density at radius 1 is 1.18 bits per heavy atom. The Morgan fingerprint density at radius 2 is 1.93 bits per heavy atom. The highest BCUT2D eigenvalue weighted by Gasteiger charge is 2.16. The minimum absolute atomic E-state index is 0.0387. The molecule has 0 aliphatic rings. The maximum atomic E-state index is 12.0. The fourth-order valence-electron chi connectivity index (χ4n) is 3.17. The molecular weight excluding hydrogens is 352 g/mol. The number of hydrogen-bond acceptors (Lipinski definition) is 4. The molecule has 2 heterocycles. The summed E-state index contributed by atoms with van der Waals surface area (Å²) in [6, 6.07) is 10.1. The second kappa shape index (κ2) is 8.87. The first-order chi connectivity index (χ1) is 13.5. The summed E-state index contributed by atoms with van der Waals surface area (Å²) >= 11 is 0. The van der Waals surface area contributed by atoms with E-state index in [9.17, 15) is 4.79 Å². The summed E-state index contributed by atoms with van der Waals surface area (Å²) < 4.78 is 7.55. The molecule has 6 nitrogen and oxygen atoms in total. The molecule has 3 rings (SSSR count). The van der Waals surface area contributed by atoms with E-state index in [1.165, 1.54) is 5.56 Å². The standard InChI is InChI=1S/C22H28N4O2/c1-5-7-12-23-19(27)14-28-20-13-17(6-2)21-16(4)25-26(22(21)24-20)18-10-8-15(3)9-11-18/h8-11,13H,5-7,12,14H2,1-4H3,(H,23,27). The summed E-state index contributed by atoms with van der Waals surface area (Å²) in [7, 11) is 0.